The Hall–Kier alpha value is -1.34. The minimum Gasteiger partial charge on any atom is -0.748 e. The molecule has 0 aliphatic heterocycles. The molecule has 3 aromatic rings. The third-order valence-corrected chi connectivity index (χ3v) is 3.19. The van der Waals surface area contributed by atoms with Crippen LogP contribution in [0, 0.1) is 0 Å². The van der Waals surface area contributed by atoms with E-state index in [0.717, 1.165) is 6.42 Å². The van der Waals surface area contributed by atoms with Gasteiger partial charge >= 0.3 is 0 Å². The van der Waals surface area contributed by atoms with Crippen molar-refractivity contribution in [3.63, 3.8) is 0 Å². The first-order valence-corrected chi connectivity index (χ1v) is 6.53. The van der Waals surface area contributed by atoms with Crippen LogP contribution in [0.25, 0.3) is 0 Å². The Bertz CT molecular complexity index is 521. The minimum atomic E-state index is 0. The van der Waals surface area contributed by atoms with E-state index in [1.165, 1.54) is 16.3 Å². The second-order valence-corrected chi connectivity index (χ2v) is 4.63. The van der Waals surface area contributed by atoms with E-state index < -0.39 is 0 Å². The summed E-state index contributed by atoms with van der Waals surface area (Å²) in [4.78, 5) is 0. The van der Waals surface area contributed by atoms with E-state index in [0.29, 0.717) is 0 Å². The Kier molecular flexibility index (Phi) is 7.20. The summed E-state index contributed by atoms with van der Waals surface area (Å²) in [7, 11) is 3.59. The molecule has 3 rings (SSSR count). The van der Waals surface area contributed by atoms with Crippen LogP contribution in [0.15, 0.2) is 78.9 Å². The molecule has 19 heavy (non-hydrogen) atoms. The largest absolute Gasteiger partial charge is 0.748 e. The molecule has 0 saturated carbocycles. The molecule has 0 amide bonds. The topological polar surface area (TPSA) is 0 Å². The van der Waals surface area contributed by atoms with Gasteiger partial charge < -0.3 is 30.3 Å². The van der Waals surface area contributed by atoms with E-state index in [-0.39, 0.29) is 17.1 Å². The molecule has 0 fully saturated rings. The van der Waals surface area contributed by atoms with Gasteiger partial charge in [-0.3, -0.25) is 0 Å². The van der Waals surface area contributed by atoms with Crippen LogP contribution in [0.2, 0.25) is 0 Å². The first-order valence-electron chi connectivity index (χ1n) is 6.03. The second kappa shape index (κ2) is 8.71. The third kappa shape index (κ3) is 5.44. The fraction of sp³-hybridized carbons (Fsp3) is 0.0588. The van der Waals surface area contributed by atoms with Crippen molar-refractivity contribution in [3.05, 3.63) is 90.0 Å². The monoisotopic (exact) mass is 303 g/mol. The molecule has 3 aromatic carbocycles. The molecule has 0 bridgehead atoms. The predicted octanol–water partition coefficient (Wildman–Crippen LogP) is 3.19. The van der Waals surface area contributed by atoms with Gasteiger partial charge in [-0.1, -0.05) is 35.0 Å². The summed E-state index contributed by atoms with van der Waals surface area (Å²) >= 11 is 0. The normalized spacial score (nSPS) is 9.11. The van der Waals surface area contributed by atoms with Crippen LogP contribution in [0.5, 0.6) is 0 Å². The predicted molar refractivity (Wildman–Crippen MR) is 78.7 cm³/mol. The standard InChI is InChI=1S/C12H10Si.C5H5.Fe/c13-12-8-4-3-7-11(12)9-10-5-1-2-6-10;1-2-4-5-3-1;/h1-8H,9H2;1-5H;/q-1;-5;. The van der Waals surface area contributed by atoms with Gasteiger partial charge in [0.05, 0.1) is 10.2 Å². The van der Waals surface area contributed by atoms with Crippen molar-refractivity contribution in [3.8, 4) is 0 Å². The molecule has 0 unspecified atom stereocenters. The average Bonchev–Trinajstić information content (AvgIpc) is 3.06. The van der Waals surface area contributed by atoms with Gasteiger partial charge in [0.1, 0.15) is 0 Å². The Balaban J connectivity index is 0.000000256. The Morgan fingerprint density at radius 3 is 1.89 bits per heavy atom. The van der Waals surface area contributed by atoms with Crippen molar-refractivity contribution in [1.82, 2.24) is 0 Å². The van der Waals surface area contributed by atoms with E-state index in [1.807, 2.05) is 36.4 Å². The molecule has 0 nitrogen and oxygen atoms in total. The molecule has 0 spiro atoms. The van der Waals surface area contributed by atoms with E-state index >= 15 is 0 Å². The van der Waals surface area contributed by atoms with Crippen LogP contribution in [-0.4, -0.2) is 10.2 Å². The van der Waals surface area contributed by atoms with Crippen molar-refractivity contribution in [2.24, 2.45) is 0 Å². The van der Waals surface area contributed by atoms with Gasteiger partial charge in [0.2, 0.25) is 0 Å². The van der Waals surface area contributed by atoms with Gasteiger partial charge in [-0.05, 0) is 6.42 Å². The number of rotatable bonds is 2. The van der Waals surface area contributed by atoms with Crippen LogP contribution in [0.3, 0.4) is 0 Å². The summed E-state index contributed by atoms with van der Waals surface area (Å²) < 4.78 is 0. The summed E-state index contributed by atoms with van der Waals surface area (Å²) in [6.07, 6.45) is 1.01. The van der Waals surface area contributed by atoms with Gasteiger partial charge in [0, 0.05) is 17.1 Å². The number of hydrogen-bond donors (Lipinski definition) is 0. The van der Waals surface area contributed by atoms with E-state index in [9.17, 15) is 0 Å². The Morgan fingerprint density at radius 1 is 0.842 bits per heavy atom. The van der Waals surface area contributed by atoms with Crippen LogP contribution in [-0.2, 0) is 23.5 Å². The molecule has 0 heterocycles. The fourth-order valence-electron chi connectivity index (χ4n) is 1.75. The quantitative estimate of drug-likeness (QED) is 0.504. The SMILES string of the molecule is [Fe].[Si]c1ccccc1C[c-]1cccc1.[cH-]1[cH-][cH-][cH-][cH-]1. The molecule has 0 aliphatic carbocycles. The molecule has 3 radical (unpaired) electrons. The molecular formula is C17H15FeSi-6. The fourth-order valence-corrected chi connectivity index (χ4v) is 2.01. The zero-order chi connectivity index (χ0) is 12.6. The molecule has 0 N–H and O–H groups in total. The minimum absolute atomic E-state index is 0. The van der Waals surface area contributed by atoms with Gasteiger partial charge in [-0.15, -0.1) is 0 Å². The summed E-state index contributed by atoms with van der Waals surface area (Å²) in [6, 6.07) is 26.8. The molecule has 0 aromatic heterocycles. The summed E-state index contributed by atoms with van der Waals surface area (Å²) in [6.45, 7) is 0. The van der Waals surface area contributed by atoms with Gasteiger partial charge in [-0.2, -0.15) is 17.7 Å². The van der Waals surface area contributed by atoms with Crippen LogP contribution < -0.4 is 5.19 Å². The van der Waals surface area contributed by atoms with Crippen molar-refractivity contribution < 1.29 is 17.1 Å². The van der Waals surface area contributed by atoms with Gasteiger partial charge in [0.25, 0.3) is 0 Å². The zero-order valence-corrected chi connectivity index (χ0v) is 12.7. The first-order chi connectivity index (χ1) is 8.86. The first kappa shape index (κ1) is 15.7. The Morgan fingerprint density at radius 2 is 1.37 bits per heavy atom. The van der Waals surface area contributed by atoms with Crippen molar-refractivity contribution in [2.45, 2.75) is 6.42 Å². The maximum atomic E-state index is 3.59. The van der Waals surface area contributed by atoms with Crippen molar-refractivity contribution in [2.75, 3.05) is 0 Å². The van der Waals surface area contributed by atoms with E-state index in [1.54, 1.807) is 0 Å². The van der Waals surface area contributed by atoms with Gasteiger partial charge in [-0.25, -0.2) is 12.1 Å². The van der Waals surface area contributed by atoms with E-state index in [2.05, 4.69) is 52.7 Å². The van der Waals surface area contributed by atoms with Crippen LogP contribution in [0.4, 0.5) is 0 Å². The smallest absolute Gasteiger partial charge is 0.0715 e. The third-order valence-electron chi connectivity index (χ3n) is 2.70. The maximum absolute atomic E-state index is 3.59. The molecule has 0 saturated heterocycles. The Labute approximate surface area is 129 Å². The molecule has 2 heteroatoms. The van der Waals surface area contributed by atoms with Crippen molar-refractivity contribution in [1.29, 1.82) is 0 Å². The number of benzene rings is 1. The van der Waals surface area contributed by atoms with Crippen LogP contribution >= 0.6 is 0 Å². The molecular weight excluding hydrogens is 288 g/mol. The molecule has 0 atom stereocenters. The summed E-state index contributed by atoms with van der Waals surface area (Å²) in [5.74, 6) is 0. The van der Waals surface area contributed by atoms with Crippen molar-refractivity contribution >= 4 is 15.4 Å². The number of hydrogen-bond acceptors (Lipinski definition) is 0. The maximum Gasteiger partial charge on any atom is 0.0715 e. The average molecular weight is 303 g/mol. The van der Waals surface area contributed by atoms with Crippen LogP contribution in [0.1, 0.15) is 11.1 Å². The zero-order valence-electron chi connectivity index (χ0n) is 10.6. The molecule has 0 aliphatic rings. The van der Waals surface area contributed by atoms with Gasteiger partial charge in [0.15, 0.2) is 0 Å². The molecule has 101 valence electrons. The summed E-state index contributed by atoms with van der Waals surface area (Å²) in [5, 5.41) is 1.18. The second-order valence-electron chi connectivity index (χ2n) is 4.09. The van der Waals surface area contributed by atoms with E-state index in [4.69, 9.17) is 0 Å². The summed E-state index contributed by atoms with van der Waals surface area (Å²) in [5.41, 5.74) is 2.70.